The van der Waals surface area contributed by atoms with Gasteiger partial charge in [-0.1, -0.05) is 59.6 Å². The molecule has 4 aromatic rings. The number of amides is 1. The molecule has 46 heavy (non-hydrogen) atoms. The fourth-order valence-electron chi connectivity index (χ4n) is 5.10. The number of nitrogens with zero attached hydrogens (tertiary/aromatic N) is 4. The van der Waals surface area contributed by atoms with Gasteiger partial charge in [0.05, 0.1) is 60.7 Å². The van der Waals surface area contributed by atoms with Crippen LogP contribution >= 0.6 is 23.2 Å². The fraction of sp³-hybridized carbons (Fsp3) is 0.344. The molecule has 1 unspecified atom stereocenters. The van der Waals surface area contributed by atoms with Gasteiger partial charge in [-0.3, -0.25) is 14.8 Å². The van der Waals surface area contributed by atoms with Gasteiger partial charge in [-0.15, -0.1) is 0 Å². The molecule has 3 heterocycles. The lowest BCUT2D eigenvalue weighted by molar-refractivity contribution is -0.119. The first-order chi connectivity index (χ1) is 22.4. The normalized spacial score (nSPS) is 15.1. The van der Waals surface area contributed by atoms with Crippen LogP contribution in [0.1, 0.15) is 24.2 Å². The lowest BCUT2D eigenvalue weighted by Gasteiger charge is -2.16. The van der Waals surface area contributed by atoms with E-state index in [1.165, 1.54) is 14.2 Å². The predicted octanol–water partition coefficient (Wildman–Crippen LogP) is 4.38. The van der Waals surface area contributed by atoms with Crippen LogP contribution in [0.15, 0.2) is 48.8 Å². The smallest absolute Gasteiger partial charge is 0.237 e. The van der Waals surface area contributed by atoms with Crippen molar-refractivity contribution in [3.63, 3.8) is 0 Å². The van der Waals surface area contributed by atoms with Crippen LogP contribution in [0.2, 0.25) is 10.0 Å². The molecule has 2 aromatic carbocycles. The topological polar surface area (TPSA) is 143 Å². The molecule has 2 atom stereocenters. The molecule has 5 rings (SSSR count). The molecule has 11 nitrogen and oxygen atoms in total. The number of halogens is 3. The number of methoxy groups -OCH3 is 2. The molecule has 1 saturated heterocycles. The molecule has 1 aliphatic rings. The van der Waals surface area contributed by atoms with Crippen LogP contribution < -0.4 is 25.4 Å². The highest BCUT2D eigenvalue weighted by atomic mass is 35.5. The number of rotatable bonds is 14. The third kappa shape index (κ3) is 7.54. The molecule has 1 fully saturated rings. The van der Waals surface area contributed by atoms with E-state index in [9.17, 15) is 14.3 Å². The van der Waals surface area contributed by atoms with Gasteiger partial charge in [-0.2, -0.15) is 0 Å². The number of aliphatic hydroxyl groups excluding tert-OH is 1. The Morgan fingerprint density at radius 3 is 1.96 bits per heavy atom. The van der Waals surface area contributed by atoms with E-state index >= 15 is 0 Å². The Labute approximate surface area is 275 Å². The Morgan fingerprint density at radius 2 is 1.48 bits per heavy atom. The lowest BCUT2D eigenvalue weighted by atomic mass is 9.98. The van der Waals surface area contributed by atoms with Gasteiger partial charge in [0, 0.05) is 54.4 Å². The van der Waals surface area contributed by atoms with Gasteiger partial charge in [-0.25, -0.2) is 14.4 Å². The first-order valence-corrected chi connectivity index (χ1v) is 15.4. The lowest BCUT2D eigenvalue weighted by Crippen LogP contribution is -2.35. The van der Waals surface area contributed by atoms with Crippen molar-refractivity contribution >= 4 is 29.1 Å². The molecule has 2 aromatic heterocycles. The molecule has 1 aliphatic heterocycles. The Bertz CT molecular complexity index is 1690. The number of aromatic nitrogens is 4. The number of nitrogens with one attached hydrogen (secondary N) is 3. The minimum Gasteiger partial charge on any atom is -0.480 e. The van der Waals surface area contributed by atoms with Crippen molar-refractivity contribution < 1.29 is 23.8 Å². The zero-order valence-electron chi connectivity index (χ0n) is 25.3. The minimum absolute atomic E-state index is 0.0712. The minimum atomic E-state index is -0.720. The number of carbonyl (C=O) groups is 1. The van der Waals surface area contributed by atoms with E-state index in [-0.39, 0.29) is 31.0 Å². The van der Waals surface area contributed by atoms with Crippen LogP contribution in [0.4, 0.5) is 4.39 Å². The van der Waals surface area contributed by atoms with Crippen LogP contribution in [0.25, 0.3) is 33.6 Å². The second kappa shape index (κ2) is 15.6. The number of ether oxygens (including phenoxy) is 2. The summed E-state index contributed by atoms with van der Waals surface area (Å²) in [4.78, 5) is 29.8. The van der Waals surface area contributed by atoms with E-state index in [0.717, 1.165) is 6.42 Å². The van der Waals surface area contributed by atoms with Gasteiger partial charge in [0.2, 0.25) is 17.7 Å². The largest absolute Gasteiger partial charge is 0.480 e. The maximum absolute atomic E-state index is 13.0. The van der Waals surface area contributed by atoms with E-state index in [1.807, 2.05) is 36.4 Å². The van der Waals surface area contributed by atoms with Gasteiger partial charge >= 0.3 is 0 Å². The molecule has 0 bridgehead atoms. The van der Waals surface area contributed by atoms with Crippen LogP contribution in [0.5, 0.6) is 11.8 Å². The van der Waals surface area contributed by atoms with Gasteiger partial charge < -0.3 is 30.5 Å². The number of alkyl halides is 1. The third-order valence-corrected chi connectivity index (χ3v) is 8.40. The predicted molar refractivity (Wildman–Crippen MR) is 174 cm³/mol. The van der Waals surface area contributed by atoms with Crippen molar-refractivity contribution in [1.29, 1.82) is 0 Å². The van der Waals surface area contributed by atoms with Gasteiger partial charge in [-0.05, 0) is 6.42 Å². The first kappa shape index (κ1) is 33.4. The van der Waals surface area contributed by atoms with Crippen molar-refractivity contribution in [2.24, 2.45) is 0 Å². The van der Waals surface area contributed by atoms with E-state index < -0.39 is 12.7 Å². The van der Waals surface area contributed by atoms with E-state index in [0.29, 0.717) is 80.5 Å². The monoisotopic (exact) mass is 669 g/mol. The SMILES string of the molecule is COc1nc(-c2cccc(-c3cccc(-c4cnc(CNC(CO)CF)c(OC)n4)c3Cl)c2Cl)cnc1CNC[C@@H]1CCC(=O)N1. The maximum atomic E-state index is 13.0. The summed E-state index contributed by atoms with van der Waals surface area (Å²) < 4.78 is 24.0. The van der Waals surface area contributed by atoms with Crippen LogP contribution in [0.3, 0.4) is 0 Å². The highest BCUT2D eigenvalue weighted by Gasteiger charge is 2.22. The molecular formula is C32H34Cl2FN7O4. The molecule has 0 radical (unpaired) electrons. The highest BCUT2D eigenvalue weighted by molar-refractivity contribution is 6.39. The summed E-state index contributed by atoms with van der Waals surface area (Å²) in [7, 11) is 3.01. The summed E-state index contributed by atoms with van der Waals surface area (Å²) in [6.07, 6.45) is 4.56. The summed E-state index contributed by atoms with van der Waals surface area (Å²) in [5.74, 6) is 0.685. The summed E-state index contributed by atoms with van der Waals surface area (Å²) in [5, 5.41) is 19.2. The quantitative estimate of drug-likeness (QED) is 0.153. The average Bonchev–Trinajstić information content (AvgIpc) is 3.50. The number of carbonyl (C=O) groups excluding carboxylic acids is 1. The second-order valence-corrected chi connectivity index (χ2v) is 11.4. The maximum Gasteiger partial charge on any atom is 0.237 e. The van der Waals surface area contributed by atoms with Crippen molar-refractivity contribution in [3.8, 4) is 45.4 Å². The number of hydrogen-bond donors (Lipinski definition) is 4. The molecule has 0 saturated carbocycles. The Morgan fingerprint density at radius 1 is 0.935 bits per heavy atom. The van der Waals surface area contributed by atoms with E-state index in [2.05, 4.69) is 35.9 Å². The Balaban J connectivity index is 1.39. The Kier molecular flexibility index (Phi) is 11.3. The highest BCUT2D eigenvalue weighted by Crippen LogP contribution is 2.42. The van der Waals surface area contributed by atoms with Crippen molar-refractivity contribution in [2.45, 2.75) is 38.0 Å². The number of benzene rings is 2. The Hall–Kier alpha value is -3.94. The van der Waals surface area contributed by atoms with Crippen LogP contribution in [0, 0.1) is 0 Å². The fourth-order valence-corrected chi connectivity index (χ4v) is 5.75. The summed E-state index contributed by atoms with van der Waals surface area (Å²) in [6, 6.07) is 10.5. The molecule has 242 valence electrons. The van der Waals surface area contributed by atoms with Crippen LogP contribution in [-0.2, 0) is 17.9 Å². The summed E-state index contributed by atoms with van der Waals surface area (Å²) in [5.41, 5.74) is 4.70. The molecule has 1 amide bonds. The number of hydrogen-bond acceptors (Lipinski definition) is 10. The third-order valence-electron chi connectivity index (χ3n) is 7.58. The van der Waals surface area contributed by atoms with Gasteiger partial charge in [0.1, 0.15) is 18.1 Å². The van der Waals surface area contributed by atoms with Crippen molar-refractivity contribution in [2.75, 3.05) is 34.0 Å². The molecular weight excluding hydrogens is 636 g/mol. The van der Waals surface area contributed by atoms with Crippen molar-refractivity contribution in [1.82, 2.24) is 35.9 Å². The zero-order chi connectivity index (χ0) is 32.6. The van der Waals surface area contributed by atoms with Gasteiger partial charge in [0.25, 0.3) is 0 Å². The summed E-state index contributed by atoms with van der Waals surface area (Å²) >= 11 is 14.0. The molecule has 4 N–H and O–H groups in total. The average molecular weight is 671 g/mol. The first-order valence-electron chi connectivity index (χ1n) is 14.6. The van der Waals surface area contributed by atoms with E-state index in [4.69, 9.17) is 32.7 Å². The zero-order valence-corrected chi connectivity index (χ0v) is 26.8. The van der Waals surface area contributed by atoms with Gasteiger partial charge in [0.15, 0.2) is 0 Å². The molecule has 0 spiro atoms. The number of aliphatic hydroxyl groups is 1. The van der Waals surface area contributed by atoms with E-state index in [1.54, 1.807) is 12.4 Å². The summed E-state index contributed by atoms with van der Waals surface area (Å²) in [6.45, 7) is 0.139. The molecule has 14 heteroatoms. The molecule has 0 aliphatic carbocycles. The standard InChI is InChI=1S/C32H34Cl2FN7O4/c1-45-31-26(13-36-12-18-9-10-28(44)40-18)38-14-24(41-31)22-7-3-5-20(29(22)33)21-6-4-8-23(30(21)34)25-15-39-27(32(42-25)46-2)16-37-19(11-35)17-43/h3-8,14-15,18-19,36-37,43H,9-13,16-17H2,1-2H3,(H,40,44)/t18-,19?/m0/s1. The van der Waals surface area contributed by atoms with Crippen molar-refractivity contribution in [3.05, 3.63) is 70.2 Å². The second-order valence-electron chi connectivity index (χ2n) is 10.6. The van der Waals surface area contributed by atoms with Crippen LogP contribution in [-0.4, -0.2) is 77.1 Å².